The first-order valence-electron chi connectivity index (χ1n) is 6.36. The second-order valence-corrected chi connectivity index (χ2v) is 4.49. The van der Waals surface area contributed by atoms with Gasteiger partial charge in [0.2, 0.25) is 5.75 Å². The van der Waals surface area contributed by atoms with E-state index in [0.717, 1.165) is 12.1 Å². The maximum Gasteiger partial charge on any atom is 0.406 e. The highest BCUT2D eigenvalue weighted by atomic mass is 19.1. The first-order chi connectivity index (χ1) is 10.9. The van der Waals surface area contributed by atoms with Crippen molar-refractivity contribution in [1.82, 2.24) is 4.98 Å². The van der Waals surface area contributed by atoms with E-state index < -0.39 is 34.9 Å². The molecule has 0 unspecified atom stereocenters. The lowest BCUT2D eigenvalue weighted by molar-refractivity contribution is -0.390. The number of hydrogen-bond donors (Lipinski definition) is 1. The van der Waals surface area contributed by atoms with Crippen LogP contribution in [0.5, 0.6) is 5.75 Å². The summed E-state index contributed by atoms with van der Waals surface area (Å²) in [4.78, 5) is 25.5. The molecule has 0 saturated heterocycles. The Morgan fingerprint density at radius 3 is 2.74 bits per heavy atom. The van der Waals surface area contributed by atoms with Crippen molar-refractivity contribution in [1.29, 1.82) is 0 Å². The number of aryl methyl sites for hydroxylation is 1. The predicted octanol–water partition coefficient (Wildman–Crippen LogP) is 2.59. The van der Waals surface area contributed by atoms with E-state index in [-0.39, 0.29) is 11.4 Å². The molecule has 1 heterocycles. The maximum absolute atomic E-state index is 13.4. The fourth-order valence-electron chi connectivity index (χ4n) is 1.69. The number of nitrogens with zero attached hydrogens (tertiary/aromatic N) is 2. The molecule has 0 fully saturated rings. The average molecular weight is 323 g/mol. The normalized spacial score (nSPS) is 10.2. The first-order valence-corrected chi connectivity index (χ1v) is 6.36. The number of carbonyl (C=O) groups excluding carboxylic acids is 1. The Labute approximate surface area is 129 Å². The summed E-state index contributed by atoms with van der Waals surface area (Å²) in [5.41, 5.74) is 0.193. The lowest BCUT2D eigenvalue weighted by atomic mass is 10.3. The van der Waals surface area contributed by atoms with Gasteiger partial charge in [0.05, 0.1) is 5.69 Å². The quantitative estimate of drug-likeness (QED) is 0.674. The van der Waals surface area contributed by atoms with E-state index in [9.17, 15) is 23.7 Å². The van der Waals surface area contributed by atoms with Gasteiger partial charge in [-0.05, 0) is 34.2 Å². The summed E-state index contributed by atoms with van der Waals surface area (Å²) in [7, 11) is 0. The summed E-state index contributed by atoms with van der Waals surface area (Å²) >= 11 is 0. The highest BCUT2D eigenvalue weighted by Crippen LogP contribution is 2.24. The van der Waals surface area contributed by atoms with E-state index >= 15 is 0 Å². The van der Waals surface area contributed by atoms with Crippen LogP contribution in [0.15, 0.2) is 30.3 Å². The number of nitrogens with one attached hydrogen (secondary N) is 1. The topological polar surface area (TPSA) is 94.4 Å². The van der Waals surface area contributed by atoms with Crippen LogP contribution in [0.4, 0.5) is 20.3 Å². The van der Waals surface area contributed by atoms with Gasteiger partial charge in [-0.25, -0.2) is 8.78 Å². The number of hydrogen-bond acceptors (Lipinski definition) is 5. The van der Waals surface area contributed by atoms with Crippen LogP contribution in [0.2, 0.25) is 0 Å². The molecule has 2 aromatic rings. The third kappa shape index (κ3) is 4.19. The van der Waals surface area contributed by atoms with Gasteiger partial charge in [-0.3, -0.25) is 4.79 Å². The molecule has 1 aromatic heterocycles. The molecule has 0 aliphatic carbocycles. The molecular formula is C14H11F2N3O4. The van der Waals surface area contributed by atoms with Crippen LogP contribution in [0.25, 0.3) is 0 Å². The Kier molecular flexibility index (Phi) is 4.79. The Hall–Kier alpha value is -3.10. The number of carbonyl (C=O) groups is 1. The maximum atomic E-state index is 13.4. The number of benzene rings is 1. The molecule has 0 radical (unpaired) electrons. The van der Waals surface area contributed by atoms with Gasteiger partial charge in [0.1, 0.15) is 17.3 Å². The Morgan fingerprint density at radius 2 is 2.09 bits per heavy atom. The molecule has 120 valence electrons. The fourth-order valence-corrected chi connectivity index (χ4v) is 1.69. The van der Waals surface area contributed by atoms with E-state index in [4.69, 9.17) is 4.74 Å². The molecule has 2 rings (SSSR count). The zero-order valence-corrected chi connectivity index (χ0v) is 11.9. The van der Waals surface area contributed by atoms with Crippen molar-refractivity contribution in [3.8, 4) is 5.75 Å². The van der Waals surface area contributed by atoms with E-state index in [1.54, 1.807) is 6.92 Å². The highest BCUT2D eigenvalue weighted by Gasteiger charge is 2.18. The Bertz CT molecular complexity index is 768. The van der Waals surface area contributed by atoms with Gasteiger partial charge in [0.25, 0.3) is 5.91 Å². The molecule has 0 saturated carbocycles. The van der Waals surface area contributed by atoms with Gasteiger partial charge in [-0.1, -0.05) is 0 Å². The number of aromatic nitrogens is 1. The second kappa shape index (κ2) is 6.77. The van der Waals surface area contributed by atoms with Crippen molar-refractivity contribution in [2.45, 2.75) is 6.92 Å². The van der Waals surface area contributed by atoms with Crippen LogP contribution in [0, 0.1) is 28.7 Å². The van der Waals surface area contributed by atoms with Gasteiger partial charge in [0.15, 0.2) is 6.61 Å². The monoisotopic (exact) mass is 323 g/mol. The van der Waals surface area contributed by atoms with E-state index in [1.165, 1.54) is 12.1 Å². The molecule has 1 amide bonds. The van der Waals surface area contributed by atoms with Crippen molar-refractivity contribution >= 4 is 17.4 Å². The summed E-state index contributed by atoms with van der Waals surface area (Å²) in [5, 5.41) is 13.0. The van der Waals surface area contributed by atoms with Crippen molar-refractivity contribution in [2.24, 2.45) is 0 Å². The number of pyridine rings is 1. The molecule has 9 heteroatoms. The lowest BCUT2D eigenvalue weighted by Gasteiger charge is -2.08. The smallest absolute Gasteiger partial charge is 0.406 e. The standard InChI is InChI=1S/C14H11F2N3O4/c1-8-2-5-12(14(17-8)19(21)22)23-7-13(20)18-11-4-3-9(15)6-10(11)16/h2-6H,7H2,1H3,(H,18,20). The van der Waals surface area contributed by atoms with E-state index in [1.807, 2.05) is 0 Å². The summed E-state index contributed by atoms with van der Waals surface area (Å²) in [6.45, 7) is 0.975. The fraction of sp³-hybridized carbons (Fsp3) is 0.143. The molecule has 23 heavy (non-hydrogen) atoms. The van der Waals surface area contributed by atoms with Crippen molar-refractivity contribution < 1.29 is 23.2 Å². The molecule has 0 spiro atoms. The molecular weight excluding hydrogens is 312 g/mol. The number of ether oxygens (including phenoxy) is 1. The van der Waals surface area contributed by atoms with Crippen LogP contribution in [0.1, 0.15) is 5.69 Å². The Morgan fingerprint density at radius 1 is 1.35 bits per heavy atom. The van der Waals surface area contributed by atoms with Crippen molar-refractivity contribution in [3.05, 3.63) is 57.8 Å². The minimum absolute atomic E-state index is 0.185. The zero-order chi connectivity index (χ0) is 17.0. The summed E-state index contributed by atoms with van der Waals surface area (Å²) in [6, 6.07) is 5.45. The van der Waals surface area contributed by atoms with Gasteiger partial charge in [0, 0.05) is 13.0 Å². The Balaban J connectivity index is 2.03. The van der Waals surface area contributed by atoms with Crippen LogP contribution in [0.3, 0.4) is 0 Å². The highest BCUT2D eigenvalue weighted by molar-refractivity contribution is 5.92. The summed E-state index contributed by atoms with van der Waals surface area (Å²) in [6.07, 6.45) is 0. The van der Waals surface area contributed by atoms with E-state index in [2.05, 4.69) is 10.3 Å². The minimum atomic E-state index is -0.943. The SMILES string of the molecule is Cc1ccc(OCC(=O)Nc2ccc(F)cc2F)c([N+](=O)[O-])n1. The molecule has 1 aromatic carbocycles. The number of halogens is 2. The molecule has 7 nitrogen and oxygen atoms in total. The second-order valence-electron chi connectivity index (χ2n) is 4.49. The van der Waals surface area contributed by atoms with Crippen LogP contribution in [-0.4, -0.2) is 22.4 Å². The number of amides is 1. The minimum Gasteiger partial charge on any atom is -0.476 e. The van der Waals surface area contributed by atoms with Crippen LogP contribution < -0.4 is 10.1 Å². The number of rotatable bonds is 5. The molecule has 0 atom stereocenters. The van der Waals surface area contributed by atoms with Crippen molar-refractivity contribution in [2.75, 3.05) is 11.9 Å². The number of anilines is 1. The third-order valence-corrected chi connectivity index (χ3v) is 2.72. The summed E-state index contributed by atoms with van der Waals surface area (Å²) < 4.78 is 31.2. The zero-order valence-electron chi connectivity index (χ0n) is 11.9. The molecule has 0 bridgehead atoms. The van der Waals surface area contributed by atoms with Gasteiger partial charge >= 0.3 is 5.82 Å². The largest absolute Gasteiger partial charge is 0.476 e. The average Bonchev–Trinajstić information content (AvgIpc) is 2.48. The number of nitro groups is 1. The predicted molar refractivity (Wildman–Crippen MR) is 76.1 cm³/mol. The van der Waals surface area contributed by atoms with Crippen molar-refractivity contribution in [3.63, 3.8) is 0 Å². The lowest BCUT2D eigenvalue weighted by Crippen LogP contribution is -2.21. The van der Waals surface area contributed by atoms with Gasteiger partial charge in [-0.2, -0.15) is 0 Å². The van der Waals surface area contributed by atoms with Gasteiger partial charge < -0.3 is 20.2 Å². The van der Waals surface area contributed by atoms with E-state index in [0.29, 0.717) is 11.8 Å². The molecule has 0 aliphatic heterocycles. The summed E-state index contributed by atoms with van der Waals surface area (Å²) in [5.74, 6) is -3.19. The molecule has 0 aliphatic rings. The molecule has 1 N–H and O–H groups in total. The van der Waals surface area contributed by atoms with Crippen LogP contribution >= 0.6 is 0 Å². The third-order valence-electron chi connectivity index (χ3n) is 2.72. The van der Waals surface area contributed by atoms with Gasteiger partial charge in [-0.15, -0.1) is 0 Å². The van der Waals surface area contributed by atoms with Crippen LogP contribution in [-0.2, 0) is 4.79 Å². The first kappa shape index (κ1) is 16.3.